The number of amides is 1. The number of nitrogens with one attached hydrogen (secondary N) is 1. The third-order valence-electron chi connectivity index (χ3n) is 4.99. The topological polar surface area (TPSA) is 58.3 Å². The minimum Gasteiger partial charge on any atom is -0.325 e. The molecule has 1 fully saturated rings. The number of para-hydroxylation sites is 2. The van der Waals surface area contributed by atoms with E-state index in [0.717, 1.165) is 37.6 Å². The lowest BCUT2D eigenvalue weighted by Gasteiger charge is -2.33. The highest BCUT2D eigenvalue weighted by Gasteiger charge is 2.20. The zero-order chi connectivity index (χ0) is 20.1. The van der Waals surface area contributed by atoms with Crippen molar-refractivity contribution in [3.63, 3.8) is 0 Å². The highest BCUT2D eigenvalue weighted by Crippen LogP contribution is 2.10. The Balaban J connectivity index is 1.28. The van der Waals surface area contributed by atoms with E-state index in [1.807, 2.05) is 69.9 Å². The molecule has 1 amide bonds. The normalized spacial score (nSPS) is 15.3. The fourth-order valence-electron chi connectivity index (χ4n) is 3.40. The van der Waals surface area contributed by atoms with Gasteiger partial charge in [0, 0.05) is 37.6 Å². The summed E-state index contributed by atoms with van der Waals surface area (Å²) in [4.78, 5) is 16.7. The Kier molecular flexibility index (Phi) is 6.14. The first kappa shape index (κ1) is 19.5. The van der Waals surface area contributed by atoms with Gasteiger partial charge in [-0.1, -0.05) is 36.4 Å². The van der Waals surface area contributed by atoms with Gasteiger partial charge in [0.15, 0.2) is 0 Å². The van der Waals surface area contributed by atoms with E-state index in [0.29, 0.717) is 18.0 Å². The minimum atomic E-state index is 0.0217. The van der Waals surface area contributed by atoms with Gasteiger partial charge in [-0.05, 0) is 36.5 Å². The molecular formula is C21H24N6OS. The monoisotopic (exact) mass is 408 g/mol. The van der Waals surface area contributed by atoms with Gasteiger partial charge in [-0.15, -0.1) is 0 Å². The third kappa shape index (κ3) is 4.97. The molecule has 1 aliphatic heterocycles. The molecule has 2 heterocycles. The second-order valence-electron chi connectivity index (χ2n) is 7.07. The van der Waals surface area contributed by atoms with Gasteiger partial charge in [0.25, 0.3) is 0 Å². The van der Waals surface area contributed by atoms with E-state index in [1.165, 1.54) is 0 Å². The number of carbonyl (C=O) groups is 1. The maximum absolute atomic E-state index is 12.2. The lowest BCUT2D eigenvalue weighted by Crippen LogP contribution is -2.49. The molecule has 1 aliphatic rings. The highest BCUT2D eigenvalue weighted by atomic mass is 32.1. The smallest absolute Gasteiger partial charge is 0.238 e. The van der Waals surface area contributed by atoms with Crippen LogP contribution in [0.2, 0.25) is 0 Å². The Bertz CT molecular complexity index is 993. The Morgan fingerprint density at radius 3 is 2.24 bits per heavy atom. The quantitative estimate of drug-likeness (QED) is 0.636. The molecule has 1 aromatic heterocycles. The van der Waals surface area contributed by atoms with Crippen molar-refractivity contribution in [3.05, 3.63) is 71.8 Å². The van der Waals surface area contributed by atoms with Gasteiger partial charge >= 0.3 is 0 Å². The number of anilines is 1. The van der Waals surface area contributed by atoms with Gasteiger partial charge in [0.05, 0.1) is 13.2 Å². The molecule has 0 unspecified atom stereocenters. The molecule has 0 bridgehead atoms. The first-order valence-electron chi connectivity index (χ1n) is 9.68. The summed E-state index contributed by atoms with van der Waals surface area (Å²) < 4.78 is 4.44. The number of hydrogen-bond acceptors (Lipinski definition) is 5. The number of hydrogen-bond donors (Lipinski definition) is 1. The van der Waals surface area contributed by atoms with Crippen LogP contribution in [0.3, 0.4) is 0 Å². The molecule has 0 radical (unpaired) electrons. The maximum atomic E-state index is 12.2. The number of piperazine rings is 1. The van der Waals surface area contributed by atoms with Crippen molar-refractivity contribution in [2.24, 2.45) is 0 Å². The van der Waals surface area contributed by atoms with Crippen LogP contribution in [0.25, 0.3) is 5.69 Å². The molecule has 29 heavy (non-hydrogen) atoms. The Morgan fingerprint density at radius 1 is 0.931 bits per heavy atom. The fourth-order valence-corrected chi connectivity index (χ4v) is 3.66. The maximum Gasteiger partial charge on any atom is 0.238 e. The van der Waals surface area contributed by atoms with Gasteiger partial charge in [-0.25, -0.2) is 4.68 Å². The van der Waals surface area contributed by atoms with Crippen LogP contribution in [0.4, 0.5) is 5.69 Å². The summed E-state index contributed by atoms with van der Waals surface area (Å²) in [7, 11) is 0. The summed E-state index contributed by atoms with van der Waals surface area (Å²) in [5.41, 5.74) is 1.84. The van der Waals surface area contributed by atoms with Crippen LogP contribution < -0.4 is 5.32 Å². The van der Waals surface area contributed by atoms with Crippen molar-refractivity contribution in [2.75, 3.05) is 38.0 Å². The van der Waals surface area contributed by atoms with E-state index >= 15 is 0 Å². The van der Waals surface area contributed by atoms with E-state index in [2.05, 4.69) is 20.2 Å². The number of carbonyl (C=O) groups excluding carboxylic acids is 1. The van der Waals surface area contributed by atoms with Gasteiger partial charge in [-0.3, -0.25) is 19.2 Å². The van der Waals surface area contributed by atoms with Crippen molar-refractivity contribution < 1.29 is 4.79 Å². The zero-order valence-electron chi connectivity index (χ0n) is 16.1. The molecule has 4 rings (SSSR count). The molecule has 0 spiro atoms. The number of nitrogens with zero attached hydrogens (tertiary/aromatic N) is 5. The molecule has 150 valence electrons. The fraction of sp³-hybridized carbons (Fsp3) is 0.286. The molecule has 7 nitrogen and oxygen atoms in total. The molecule has 1 N–H and O–H groups in total. The molecule has 0 atom stereocenters. The van der Waals surface area contributed by atoms with Crippen molar-refractivity contribution in [1.29, 1.82) is 0 Å². The number of aromatic nitrogens is 3. The lowest BCUT2D eigenvalue weighted by molar-refractivity contribution is -0.117. The highest BCUT2D eigenvalue weighted by molar-refractivity contribution is 7.71. The van der Waals surface area contributed by atoms with Gasteiger partial charge in [-0.2, -0.15) is 5.10 Å². The van der Waals surface area contributed by atoms with Crippen molar-refractivity contribution >= 4 is 23.8 Å². The Labute approximate surface area is 175 Å². The first-order chi connectivity index (χ1) is 14.2. The third-order valence-corrected chi connectivity index (χ3v) is 5.40. The second kappa shape index (κ2) is 9.13. The molecule has 3 aromatic rings. The standard InChI is InChI=1S/C21H24N6OS/c28-20(23-18-7-3-1-4-8-18)15-24-11-13-25(14-12-24)17-27-21(29)26(16-22-27)19-9-5-2-6-10-19/h1-10,16H,11-15,17H2,(H,23,28). The van der Waals surface area contributed by atoms with Crippen molar-refractivity contribution in [1.82, 2.24) is 24.1 Å². The molecule has 0 aliphatic carbocycles. The Morgan fingerprint density at radius 2 is 1.55 bits per heavy atom. The predicted octanol–water partition coefficient (Wildman–Crippen LogP) is 2.62. The van der Waals surface area contributed by atoms with Gasteiger partial charge in [0.1, 0.15) is 6.33 Å². The summed E-state index contributed by atoms with van der Waals surface area (Å²) in [6.07, 6.45) is 1.77. The molecular weight excluding hydrogens is 384 g/mol. The van der Waals surface area contributed by atoms with E-state index in [4.69, 9.17) is 12.2 Å². The van der Waals surface area contributed by atoms with Crippen LogP contribution in [0, 0.1) is 4.77 Å². The SMILES string of the molecule is O=C(CN1CCN(Cn2ncn(-c3ccccc3)c2=S)CC1)Nc1ccccc1. The average Bonchev–Trinajstić information content (AvgIpc) is 3.11. The van der Waals surface area contributed by atoms with Gasteiger partial charge in [0.2, 0.25) is 10.7 Å². The second-order valence-corrected chi connectivity index (χ2v) is 7.43. The Hall–Kier alpha value is -2.81. The summed E-state index contributed by atoms with van der Waals surface area (Å²) in [6.45, 7) is 4.49. The minimum absolute atomic E-state index is 0.0217. The number of benzene rings is 2. The van der Waals surface area contributed by atoms with Crippen molar-refractivity contribution in [3.8, 4) is 5.69 Å². The molecule has 8 heteroatoms. The zero-order valence-corrected chi connectivity index (χ0v) is 17.0. The van der Waals surface area contributed by atoms with E-state index in [9.17, 15) is 4.79 Å². The first-order valence-corrected chi connectivity index (χ1v) is 10.1. The summed E-state index contributed by atoms with van der Waals surface area (Å²) in [5, 5.41) is 7.40. The van der Waals surface area contributed by atoms with Crippen LogP contribution in [0.15, 0.2) is 67.0 Å². The molecule has 2 aromatic carbocycles. The van der Waals surface area contributed by atoms with Crippen molar-refractivity contribution in [2.45, 2.75) is 6.67 Å². The van der Waals surface area contributed by atoms with Gasteiger partial charge < -0.3 is 5.32 Å². The van der Waals surface area contributed by atoms with E-state index in [1.54, 1.807) is 6.33 Å². The number of rotatable bonds is 6. The summed E-state index contributed by atoms with van der Waals surface area (Å²) in [6, 6.07) is 19.5. The average molecular weight is 409 g/mol. The van der Waals surface area contributed by atoms with E-state index < -0.39 is 0 Å². The van der Waals surface area contributed by atoms with Crippen LogP contribution in [-0.2, 0) is 11.5 Å². The van der Waals surface area contributed by atoms with Crippen LogP contribution in [0.5, 0.6) is 0 Å². The predicted molar refractivity (Wildman–Crippen MR) is 115 cm³/mol. The van der Waals surface area contributed by atoms with Crippen LogP contribution in [-0.4, -0.2) is 62.8 Å². The summed E-state index contributed by atoms with van der Waals surface area (Å²) in [5.74, 6) is 0.0217. The van der Waals surface area contributed by atoms with Crippen LogP contribution in [0.1, 0.15) is 0 Å². The van der Waals surface area contributed by atoms with E-state index in [-0.39, 0.29) is 5.91 Å². The summed E-state index contributed by atoms with van der Waals surface area (Å²) >= 11 is 5.59. The lowest BCUT2D eigenvalue weighted by atomic mass is 10.3. The van der Waals surface area contributed by atoms with Crippen LogP contribution >= 0.6 is 12.2 Å². The molecule has 1 saturated heterocycles. The molecule has 0 saturated carbocycles. The largest absolute Gasteiger partial charge is 0.325 e.